The summed E-state index contributed by atoms with van der Waals surface area (Å²) in [7, 11) is 0. The predicted molar refractivity (Wildman–Crippen MR) is 109 cm³/mol. The number of nitro groups is 1. The Hall–Kier alpha value is -2.16. The van der Waals surface area contributed by atoms with E-state index in [4.69, 9.17) is 4.99 Å². The van der Waals surface area contributed by atoms with Crippen LogP contribution in [0.3, 0.4) is 0 Å². The fourth-order valence-corrected chi connectivity index (χ4v) is 4.98. The van der Waals surface area contributed by atoms with Gasteiger partial charge in [0, 0.05) is 36.9 Å². The summed E-state index contributed by atoms with van der Waals surface area (Å²) >= 11 is 1.67. The summed E-state index contributed by atoms with van der Waals surface area (Å²) in [4.78, 5) is 29.7. The smallest absolute Gasteiger partial charge is 0.271 e. The first kappa shape index (κ1) is 20.6. The van der Waals surface area contributed by atoms with Crippen LogP contribution in [-0.4, -0.2) is 45.3 Å². The second kappa shape index (κ2) is 9.36. The number of hydrogen-bond acceptors (Lipinski definition) is 5. The summed E-state index contributed by atoms with van der Waals surface area (Å²) in [5.41, 5.74) is -0.422. The lowest BCUT2D eigenvalue weighted by molar-refractivity contribution is -0.384. The summed E-state index contributed by atoms with van der Waals surface area (Å²) in [5.74, 6) is -0.293. The molecule has 9 heteroatoms. The molecule has 28 heavy (non-hydrogen) atoms. The molecule has 0 aromatic heterocycles. The highest BCUT2D eigenvalue weighted by molar-refractivity contribution is 8.14. The van der Waals surface area contributed by atoms with E-state index >= 15 is 0 Å². The van der Waals surface area contributed by atoms with Crippen LogP contribution in [0.1, 0.15) is 45.4 Å². The van der Waals surface area contributed by atoms with Crippen LogP contribution in [0.4, 0.5) is 15.8 Å². The van der Waals surface area contributed by atoms with Crippen molar-refractivity contribution in [2.24, 2.45) is 4.99 Å². The van der Waals surface area contributed by atoms with Gasteiger partial charge < -0.3 is 10.2 Å². The highest BCUT2D eigenvalue weighted by Crippen LogP contribution is 2.30. The average molecular weight is 408 g/mol. The maximum Gasteiger partial charge on any atom is 0.271 e. The molecule has 1 saturated carbocycles. The summed E-state index contributed by atoms with van der Waals surface area (Å²) < 4.78 is 13.9. The number of amides is 1. The molecule has 2 aliphatic rings. The summed E-state index contributed by atoms with van der Waals surface area (Å²) in [6.07, 6.45) is 6.16. The molecule has 0 bridgehead atoms. The minimum Gasteiger partial charge on any atom is -0.347 e. The molecule has 2 fully saturated rings. The number of nitro benzene ring substituents is 1. The molecule has 1 heterocycles. The number of rotatable bonds is 6. The van der Waals surface area contributed by atoms with Crippen LogP contribution in [0.2, 0.25) is 0 Å². The van der Waals surface area contributed by atoms with Gasteiger partial charge >= 0.3 is 0 Å². The minimum absolute atomic E-state index is 0.0147. The molecule has 1 aliphatic heterocycles. The summed E-state index contributed by atoms with van der Waals surface area (Å²) in [5, 5.41) is 14.3. The Bertz CT molecular complexity index is 768. The molecule has 1 aliphatic carbocycles. The van der Waals surface area contributed by atoms with Crippen LogP contribution in [0.15, 0.2) is 23.2 Å². The molecule has 1 amide bonds. The van der Waals surface area contributed by atoms with Crippen molar-refractivity contribution in [1.29, 1.82) is 0 Å². The van der Waals surface area contributed by atoms with Gasteiger partial charge in [0.1, 0.15) is 5.82 Å². The van der Waals surface area contributed by atoms with E-state index in [1.54, 1.807) is 11.8 Å². The van der Waals surface area contributed by atoms with E-state index < -0.39 is 10.7 Å². The zero-order valence-corrected chi connectivity index (χ0v) is 16.7. The van der Waals surface area contributed by atoms with Crippen molar-refractivity contribution in [1.82, 2.24) is 4.90 Å². The number of anilines is 1. The number of halogens is 1. The summed E-state index contributed by atoms with van der Waals surface area (Å²) in [6, 6.07) is 3.47. The van der Waals surface area contributed by atoms with Gasteiger partial charge in [-0.3, -0.25) is 19.9 Å². The number of nitrogens with zero attached hydrogens (tertiary/aromatic N) is 3. The standard InChI is InChI=1S/C19H25FN4O3S/c1-2-23-15(12-28-19(23)21-13-6-4-3-5-7-13)11-18(25)22-17-10-14(24(26)27)8-9-16(17)20/h8-10,13,15H,2-7,11-12H2,1H3,(H,22,25). The first-order valence-corrected chi connectivity index (χ1v) is 10.7. The topological polar surface area (TPSA) is 87.8 Å². The Labute approximate surface area is 167 Å². The number of aliphatic imine (C=N–C) groups is 1. The minimum atomic E-state index is -0.688. The SMILES string of the molecule is CCN1C(=NC2CCCCC2)SCC1CC(=O)Nc1cc([N+](=O)[O-])ccc1F. The van der Waals surface area contributed by atoms with Gasteiger partial charge in [-0.1, -0.05) is 31.0 Å². The Morgan fingerprint density at radius 2 is 2.14 bits per heavy atom. The van der Waals surface area contributed by atoms with Gasteiger partial charge in [-0.2, -0.15) is 0 Å². The van der Waals surface area contributed by atoms with E-state index in [0.717, 1.165) is 48.5 Å². The van der Waals surface area contributed by atoms with Crippen LogP contribution in [-0.2, 0) is 4.79 Å². The van der Waals surface area contributed by atoms with Crippen LogP contribution >= 0.6 is 11.8 Å². The Balaban J connectivity index is 1.63. The van der Waals surface area contributed by atoms with Gasteiger partial charge in [0.2, 0.25) is 5.91 Å². The molecule has 0 spiro atoms. The van der Waals surface area contributed by atoms with E-state index in [1.165, 1.54) is 19.3 Å². The van der Waals surface area contributed by atoms with Crippen molar-refractivity contribution >= 4 is 34.2 Å². The maximum absolute atomic E-state index is 13.9. The van der Waals surface area contributed by atoms with Crippen LogP contribution in [0.5, 0.6) is 0 Å². The van der Waals surface area contributed by atoms with Crippen molar-refractivity contribution in [3.8, 4) is 0 Å². The molecule has 1 N–H and O–H groups in total. The zero-order chi connectivity index (χ0) is 20.1. The molecule has 1 atom stereocenters. The van der Waals surface area contributed by atoms with E-state index in [-0.39, 0.29) is 29.7 Å². The third kappa shape index (κ3) is 5.01. The van der Waals surface area contributed by atoms with Gasteiger partial charge in [-0.25, -0.2) is 4.39 Å². The normalized spacial score (nSPS) is 21.9. The highest BCUT2D eigenvalue weighted by Gasteiger charge is 2.31. The van der Waals surface area contributed by atoms with E-state index in [2.05, 4.69) is 10.2 Å². The highest BCUT2D eigenvalue weighted by atomic mass is 32.2. The van der Waals surface area contributed by atoms with Crippen molar-refractivity contribution in [3.63, 3.8) is 0 Å². The van der Waals surface area contributed by atoms with Crippen LogP contribution in [0, 0.1) is 15.9 Å². The lowest BCUT2D eigenvalue weighted by Gasteiger charge is -2.26. The maximum atomic E-state index is 13.9. The lowest BCUT2D eigenvalue weighted by Crippen LogP contribution is -2.37. The monoisotopic (exact) mass is 408 g/mol. The van der Waals surface area contributed by atoms with Crippen LogP contribution in [0.25, 0.3) is 0 Å². The summed E-state index contributed by atoms with van der Waals surface area (Å²) in [6.45, 7) is 2.79. The number of benzene rings is 1. The fourth-order valence-electron chi connectivity index (χ4n) is 3.68. The first-order chi connectivity index (χ1) is 13.5. The lowest BCUT2D eigenvalue weighted by atomic mass is 9.96. The number of carbonyl (C=O) groups excluding carboxylic acids is 1. The number of hydrogen-bond donors (Lipinski definition) is 1. The predicted octanol–water partition coefficient (Wildman–Crippen LogP) is 4.19. The molecular formula is C19H25FN4O3S. The van der Waals surface area contributed by atoms with Crippen molar-refractivity contribution in [3.05, 3.63) is 34.1 Å². The molecule has 3 rings (SSSR count). The molecule has 0 radical (unpaired) electrons. The Morgan fingerprint density at radius 1 is 1.39 bits per heavy atom. The van der Waals surface area contributed by atoms with Crippen molar-refractivity contribution < 1.29 is 14.1 Å². The number of non-ortho nitro benzene ring substituents is 1. The molecule has 1 aromatic carbocycles. The molecule has 1 unspecified atom stereocenters. The zero-order valence-electron chi connectivity index (χ0n) is 15.9. The molecule has 152 valence electrons. The number of amidine groups is 1. The van der Waals surface area contributed by atoms with Crippen LogP contribution < -0.4 is 5.32 Å². The molecule has 7 nitrogen and oxygen atoms in total. The van der Waals surface area contributed by atoms with Gasteiger partial charge in [0.05, 0.1) is 16.7 Å². The largest absolute Gasteiger partial charge is 0.347 e. The van der Waals surface area contributed by atoms with Crippen molar-refractivity contribution in [2.75, 3.05) is 17.6 Å². The number of thioether (sulfide) groups is 1. The van der Waals surface area contributed by atoms with E-state index in [9.17, 15) is 19.3 Å². The van der Waals surface area contributed by atoms with E-state index in [0.29, 0.717) is 6.04 Å². The third-order valence-electron chi connectivity index (χ3n) is 5.16. The number of carbonyl (C=O) groups is 1. The third-order valence-corrected chi connectivity index (χ3v) is 6.31. The molecule has 1 aromatic rings. The van der Waals surface area contributed by atoms with E-state index in [1.807, 2.05) is 6.92 Å². The second-order valence-corrected chi connectivity index (χ2v) is 8.12. The average Bonchev–Trinajstić information content (AvgIpc) is 3.05. The fraction of sp³-hybridized carbons (Fsp3) is 0.579. The molecule has 1 saturated heterocycles. The Kier molecular flexibility index (Phi) is 6.88. The second-order valence-electron chi connectivity index (χ2n) is 7.13. The number of nitrogens with one attached hydrogen (secondary N) is 1. The Morgan fingerprint density at radius 3 is 2.82 bits per heavy atom. The molecular weight excluding hydrogens is 383 g/mol. The quantitative estimate of drug-likeness (QED) is 0.563. The van der Waals surface area contributed by atoms with Crippen molar-refractivity contribution in [2.45, 2.75) is 57.5 Å². The van der Waals surface area contributed by atoms with Gasteiger partial charge in [0.15, 0.2) is 5.17 Å². The van der Waals surface area contributed by atoms with Gasteiger partial charge in [-0.05, 0) is 25.8 Å². The first-order valence-electron chi connectivity index (χ1n) is 9.69. The van der Waals surface area contributed by atoms with Gasteiger partial charge in [-0.15, -0.1) is 0 Å². The van der Waals surface area contributed by atoms with Gasteiger partial charge in [0.25, 0.3) is 5.69 Å².